The van der Waals surface area contributed by atoms with Gasteiger partial charge in [0.2, 0.25) is 0 Å². The minimum Gasteiger partial charge on any atom is -0.300 e. The molecule has 4 heteroatoms. The van der Waals surface area contributed by atoms with Gasteiger partial charge in [0.25, 0.3) is 0 Å². The first-order valence-corrected chi connectivity index (χ1v) is 15.0. The van der Waals surface area contributed by atoms with Crippen molar-refractivity contribution in [1.29, 1.82) is 0 Å². The number of benzene rings is 2. The molecule has 3 unspecified atom stereocenters. The highest BCUT2D eigenvalue weighted by atomic mass is 16.1. The van der Waals surface area contributed by atoms with Crippen LogP contribution < -0.4 is 0 Å². The van der Waals surface area contributed by atoms with E-state index in [1.165, 1.54) is 6.92 Å². The summed E-state index contributed by atoms with van der Waals surface area (Å²) in [6, 6.07) is 12.4. The van der Waals surface area contributed by atoms with E-state index in [0.717, 1.165) is 78.3 Å². The van der Waals surface area contributed by atoms with Crippen molar-refractivity contribution in [3.05, 3.63) is 58.7 Å². The third-order valence-corrected chi connectivity index (χ3v) is 8.38. The molecule has 4 nitrogen and oxygen atoms in total. The average Bonchev–Trinajstić information content (AvgIpc) is 2.88. The van der Waals surface area contributed by atoms with E-state index in [1.54, 1.807) is 0 Å². The molecule has 0 saturated heterocycles. The standard InChI is InChI=1S/C35H46O4/c1-6-9-11-29(37)20-25-13-15-27(16-14-25)31-17-12-23(4)35-32(31)21-26(22-34(35)39)19-28(10-7-2)30(8-3)33(38)18-24(5)36/h12-17,26,28,30H,6-11,18-22H2,1-5H3. The molecule has 0 saturated carbocycles. The molecule has 0 N–H and O–H groups in total. The van der Waals surface area contributed by atoms with Crippen LogP contribution in [0.4, 0.5) is 0 Å². The van der Waals surface area contributed by atoms with Gasteiger partial charge < -0.3 is 0 Å². The Morgan fingerprint density at radius 1 is 0.949 bits per heavy atom. The van der Waals surface area contributed by atoms with Gasteiger partial charge in [-0.3, -0.25) is 19.2 Å². The summed E-state index contributed by atoms with van der Waals surface area (Å²) in [5.41, 5.74) is 6.17. The number of ketones is 4. The van der Waals surface area contributed by atoms with Crippen molar-refractivity contribution >= 4 is 23.1 Å². The van der Waals surface area contributed by atoms with Gasteiger partial charge in [0.15, 0.2) is 5.78 Å². The van der Waals surface area contributed by atoms with Crippen molar-refractivity contribution in [2.24, 2.45) is 17.8 Å². The van der Waals surface area contributed by atoms with Crippen LogP contribution in [0.1, 0.15) is 113 Å². The summed E-state index contributed by atoms with van der Waals surface area (Å²) in [5.74, 6) is 0.676. The second kappa shape index (κ2) is 14.5. The summed E-state index contributed by atoms with van der Waals surface area (Å²) in [7, 11) is 0. The second-order valence-electron chi connectivity index (χ2n) is 11.6. The molecule has 0 spiro atoms. The van der Waals surface area contributed by atoms with E-state index in [1.807, 2.05) is 32.0 Å². The van der Waals surface area contributed by atoms with Crippen molar-refractivity contribution in [2.45, 2.75) is 105 Å². The summed E-state index contributed by atoms with van der Waals surface area (Å²) in [6.07, 6.45) is 7.84. The van der Waals surface area contributed by atoms with Crippen molar-refractivity contribution in [3.8, 4) is 11.1 Å². The maximum Gasteiger partial charge on any atom is 0.163 e. The van der Waals surface area contributed by atoms with E-state index in [0.29, 0.717) is 19.3 Å². The number of fused-ring (bicyclic) bond motifs is 1. The van der Waals surface area contributed by atoms with Gasteiger partial charge in [0.05, 0.1) is 6.42 Å². The van der Waals surface area contributed by atoms with Crippen molar-refractivity contribution in [3.63, 3.8) is 0 Å². The predicted octanol–water partition coefficient (Wildman–Crippen LogP) is 8.09. The molecular formula is C35H46O4. The lowest BCUT2D eigenvalue weighted by Gasteiger charge is -2.32. The highest BCUT2D eigenvalue weighted by Gasteiger charge is 2.34. The van der Waals surface area contributed by atoms with E-state index >= 15 is 0 Å². The Kier molecular flexibility index (Phi) is 11.4. The molecule has 0 aromatic heterocycles. The van der Waals surface area contributed by atoms with Crippen LogP contribution in [0.2, 0.25) is 0 Å². The molecule has 3 atom stereocenters. The molecule has 0 heterocycles. The Hall–Kier alpha value is -2.88. The van der Waals surface area contributed by atoms with Gasteiger partial charge in [0.1, 0.15) is 17.3 Å². The average molecular weight is 531 g/mol. The SMILES string of the molecule is CCCCC(=O)Cc1ccc(-c2ccc(C)c3c2CC(CC(CCC)C(CC)C(=O)CC(C)=O)CC3=O)cc1. The van der Waals surface area contributed by atoms with Crippen LogP contribution in [0.15, 0.2) is 36.4 Å². The number of hydrogen-bond donors (Lipinski definition) is 0. The number of unbranched alkanes of at least 4 members (excludes halogenated alkanes) is 1. The molecule has 0 fully saturated rings. The summed E-state index contributed by atoms with van der Waals surface area (Å²) >= 11 is 0. The van der Waals surface area contributed by atoms with Crippen LogP contribution in [0.3, 0.4) is 0 Å². The van der Waals surface area contributed by atoms with Crippen LogP contribution in [-0.4, -0.2) is 23.1 Å². The van der Waals surface area contributed by atoms with Crippen LogP contribution in [-0.2, 0) is 27.2 Å². The lowest BCUT2D eigenvalue weighted by molar-refractivity contribution is -0.130. The van der Waals surface area contributed by atoms with Gasteiger partial charge >= 0.3 is 0 Å². The lowest BCUT2D eigenvalue weighted by Crippen LogP contribution is -2.30. The fourth-order valence-corrected chi connectivity index (χ4v) is 6.50. The summed E-state index contributed by atoms with van der Waals surface area (Å²) in [4.78, 5) is 50.3. The fourth-order valence-electron chi connectivity index (χ4n) is 6.50. The van der Waals surface area contributed by atoms with E-state index < -0.39 is 0 Å². The predicted molar refractivity (Wildman–Crippen MR) is 158 cm³/mol. The Labute approximate surface area is 235 Å². The van der Waals surface area contributed by atoms with Crippen molar-refractivity contribution in [2.75, 3.05) is 0 Å². The minimum atomic E-state index is -0.130. The van der Waals surface area contributed by atoms with Crippen molar-refractivity contribution in [1.82, 2.24) is 0 Å². The van der Waals surface area contributed by atoms with Gasteiger partial charge in [-0.1, -0.05) is 76.4 Å². The summed E-state index contributed by atoms with van der Waals surface area (Å²) in [5, 5.41) is 0. The molecule has 39 heavy (non-hydrogen) atoms. The number of Topliss-reactive ketones (excluding diaryl/α,β-unsaturated/α-hetero) is 4. The quantitative estimate of drug-likeness (QED) is 0.218. The normalized spacial score (nSPS) is 16.4. The van der Waals surface area contributed by atoms with Gasteiger partial charge in [0, 0.05) is 30.7 Å². The Bertz CT molecular complexity index is 1170. The first-order chi connectivity index (χ1) is 18.7. The van der Waals surface area contributed by atoms with Crippen LogP contribution in [0, 0.1) is 24.7 Å². The molecule has 2 aromatic rings. The third-order valence-electron chi connectivity index (χ3n) is 8.38. The first-order valence-electron chi connectivity index (χ1n) is 15.0. The van der Waals surface area contributed by atoms with E-state index in [9.17, 15) is 19.2 Å². The molecule has 0 bridgehead atoms. The molecular weight excluding hydrogens is 484 g/mol. The summed E-state index contributed by atoms with van der Waals surface area (Å²) < 4.78 is 0. The van der Waals surface area contributed by atoms with Gasteiger partial charge in [-0.2, -0.15) is 0 Å². The lowest BCUT2D eigenvalue weighted by atomic mass is 9.71. The highest BCUT2D eigenvalue weighted by molar-refractivity contribution is 6.02. The molecule has 2 aromatic carbocycles. The van der Waals surface area contributed by atoms with E-state index in [-0.39, 0.29) is 47.3 Å². The molecule has 1 aliphatic rings. The maximum absolute atomic E-state index is 13.5. The van der Waals surface area contributed by atoms with Crippen LogP contribution in [0.25, 0.3) is 11.1 Å². The van der Waals surface area contributed by atoms with Gasteiger partial charge in [-0.15, -0.1) is 0 Å². The summed E-state index contributed by atoms with van der Waals surface area (Å²) in [6.45, 7) is 9.77. The van der Waals surface area contributed by atoms with E-state index in [2.05, 4.69) is 32.0 Å². The molecule has 0 radical (unpaired) electrons. The topological polar surface area (TPSA) is 68.3 Å². The first kappa shape index (κ1) is 30.7. The smallest absolute Gasteiger partial charge is 0.163 e. The van der Waals surface area contributed by atoms with Crippen molar-refractivity contribution < 1.29 is 19.2 Å². The minimum absolute atomic E-state index is 0.00862. The molecule has 210 valence electrons. The van der Waals surface area contributed by atoms with Crippen LogP contribution >= 0.6 is 0 Å². The number of aryl methyl sites for hydroxylation is 1. The zero-order valence-electron chi connectivity index (χ0n) is 24.6. The maximum atomic E-state index is 13.5. The Morgan fingerprint density at radius 2 is 1.67 bits per heavy atom. The molecule has 3 rings (SSSR count). The zero-order valence-corrected chi connectivity index (χ0v) is 24.6. The zero-order chi connectivity index (χ0) is 28.5. The monoisotopic (exact) mass is 530 g/mol. The fraction of sp³-hybridized carbons (Fsp3) is 0.543. The largest absolute Gasteiger partial charge is 0.300 e. The van der Waals surface area contributed by atoms with E-state index in [4.69, 9.17) is 0 Å². The van der Waals surface area contributed by atoms with Crippen LogP contribution in [0.5, 0.6) is 0 Å². The number of carbonyl (C=O) groups is 4. The number of rotatable bonds is 15. The number of hydrogen-bond acceptors (Lipinski definition) is 4. The second-order valence-corrected chi connectivity index (χ2v) is 11.6. The van der Waals surface area contributed by atoms with Gasteiger partial charge in [-0.05, 0) is 79.2 Å². The molecule has 0 amide bonds. The number of carbonyl (C=O) groups excluding carboxylic acids is 4. The molecule has 0 aliphatic heterocycles. The molecule has 1 aliphatic carbocycles. The van der Waals surface area contributed by atoms with Gasteiger partial charge in [-0.25, -0.2) is 0 Å². The Balaban J connectivity index is 1.86. The third kappa shape index (κ3) is 8.06. The highest BCUT2D eigenvalue weighted by Crippen LogP contribution is 2.40. The Morgan fingerprint density at radius 3 is 2.28 bits per heavy atom.